The predicted molar refractivity (Wildman–Crippen MR) is 127 cm³/mol. The number of hydrogen-bond donors (Lipinski definition) is 5. The van der Waals surface area contributed by atoms with Crippen molar-refractivity contribution in [2.75, 3.05) is 19.8 Å². The van der Waals surface area contributed by atoms with E-state index in [0.717, 1.165) is 25.7 Å². The zero-order valence-electron chi connectivity index (χ0n) is 19.9. The van der Waals surface area contributed by atoms with E-state index >= 15 is 0 Å². The van der Waals surface area contributed by atoms with Gasteiger partial charge in [-0.3, -0.25) is 9.32 Å². The summed E-state index contributed by atoms with van der Waals surface area (Å²) in [6.45, 7) is 4.51. The Labute approximate surface area is 190 Å². The Balaban J connectivity index is 0. The second-order valence-corrected chi connectivity index (χ2v) is 9.23. The van der Waals surface area contributed by atoms with E-state index in [1.54, 1.807) is 0 Å². The highest BCUT2D eigenvalue weighted by Crippen LogP contribution is 2.34. The highest BCUT2D eigenvalue weighted by molar-refractivity contribution is 7.46. The highest BCUT2D eigenvalue weighted by atomic mass is 31.2. The summed E-state index contributed by atoms with van der Waals surface area (Å²) < 4.78 is 13.7. The van der Waals surface area contributed by atoms with Crippen LogP contribution in [-0.4, -0.2) is 46.6 Å². The molecule has 0 rings (SSSR count). The average molecular weight is 469 g/mol. The van der Waals surface area contributed by atoms with Crippen molar-refractivity contribution < 1.29 is 28.8 Å². The van der Waals surface area contributed by atoms with E-state index in [1.165, 1.54) is 64.2 Å². The third kappa shape index (κ3) is 29.5. The summed E-state index contributed by atoms with van der Waals surface area (Å²) in [6.07, 6.45) is 17.7. The fraction of sp³-hybridized carbons (Fsp3) is 0.955. The van der Waals surface area contributed by atoms with Gasteiger partial charge in [0.2, 0.25) is 5.91 Å². The van der Waals surface area contributed by atoms with Crippen LogP contribution in [0.3, 0.4) is 0 Å². The number of aliphatic hydroxyl groups is 1. The Morgan fingerprint density at radius 2 is 1.39 bits per heavy atom. The molecule has 1 amide bonds. The van der Waals surface area contributed by atoms with Crippen LogP contribution >= 0.6 is 7.82 Å². The minimum Gasteiger partial charge on any atom is -0.394 e. The van der Waals surface area contributed by atoms with Gasteiger partial charge in [-0.1, -0.05) is 90.9 Å². The number of carbonyl (C=O) groups is 1. The predicted octanol–water partition coefficient (Wildman–Crippen LogP) is 4.41. The fourth-order valence-electron chi connectivity index (χ4n) is 3.09. The van der Waals surface area contributed by atoms with Crippen molar-refractivity contribution in [3.8, 4) is 0 Å². The van der Waals surface area contributed by atoms with Crippen molar-refractivity contribution >= 4 is 13.7 Å². The zero-order chi connectivity index (χ0) is 23.8. The maximum absolute atomic E-state index is 11.9. The number of rotatable bonds is 20. The quantitative estimate of drug-likeness (QED) is 0.132. The molecule has 0 aliphatic heterocycles. The number of unbranched alkanes of at least 4 members (excludes halogenated alkanes) is 11. The van der Waals surface area contributed by atoms with Crippen molar-refractivity contribution in [2.24, 2.45) is 5.73 Å². The number of nitrogens with one attached hydrogen (secondary N) is 1. The summed E-state index contributed by atoms with van der Waals surface area (Å²) in [5.74, 6) is 0.113. The topological polar surface area (TPSA) is 142 Å². The van der Waals surface area contributed by atoms with Crippen LogP contribution in [0.4, 0.5) is 0 Å². The number of hydrogen-bond acceptors (Lipinski definition) is 5. The molecule has 0 fully saturated rings. The minimum atomic E-state index is -4.26. The molecule has 0 bridgehead atoms. The standard InChI is InChI=1S/C20H41NO2.C2H8NO4P/c1-3-5-7-9-10-11-12-13-15-17-20(23)21-19(18-22)16-14-8-6-4-2;3-1-2-7-8(4,5)6/h19,22H,3-18H2,1-2H3,(H,21,23);1-3H2,(H2,4,5,6). The van der Waals surface area contributed by atoms with E-state index in [0.29, 0.717) is 6.42 Å². The molecular formula is C22H49N2O6P. The van der Waals surface area contributed by atoms with Gasteiger partial charge in [0, 0.05) is 13.0 Å². The molecule has 0 aliphatic rings. The van der Waals surface area contributed by atoms with Crippen molar-refractivity contribution in [1.82, 2.24) is 5.32 Å². The molecule has 8 nitrogen and oxygen atoms in total. The van der Waals surface area contributed by atoms with Crippen molar-refractivity contribution in [2.45, 2.75) is 116 Å². The van der Waals surface area contributed by atoms with Gasteiger partial charge in [0.15, 0.2) is 0 Å². The molecule has 0 radical (unpaired) electrons. The van der Waals surface area contributed by atoms with Gasteiger partial charge in [-0.25, -0.2) is 4.57 Å². The van der Waals surface area contributed by atoms with Gasteiger partial charge in [-0.2, -0.15) is 0 Å². The van der Waals surface area contributed by atoms with E-state index in [4.69, 9.17) is 15.5 Å². The lowest BCUT2D eigenvalue weighted by molar-refractivity contribution is -0.122. The molecule has 0 spiro atoms. The highest BCUT2D eigenvalue weighted by Gasteiger charge is 2.11. The van der Waals surface area contributed by atoms with Gasteiger partial charge in [0.1, 0.15) is 0 Å². The lowest BCUT2D eigenvalue weighted by Gasteiger charge is -2.16. The second-order valence-electron chi connectivity index (χ2n) is 7.99. The molecule has 0 aromatic heterocycles. The van der Waals surface area contributed by atoms with E-state index in [-0.39, 0.29) is 31.7 Å². The minimum absolute atomic E-state index is 0.0436. The molecule has 0 heterocycles. The third-order valence-corrected chi connectivity index (χ3v) is 5.40. The second kappa shape index (κ2) is 24.1. The summed E-state index contributed by atoms with van der Waals surface area (Å²) in [5, 5.41) is 12.3. The molecule has 6 N–H and O–H groups in total. The van der Waals surface area contributed by atoms with Gasteiger partial charge < -0.3 is 25.9 Å². The number of nitrogens with two attached hydrogens (primary N) is 1. The van der Waals surface area contributed by atoms with Crippen LogP contribution in [0.2, 0.25) is 0 Å². The first kappa shape index (κ1) is 32.7. The Hall–Kier alpha value is -0.500. The molecule has 1 unspecified atom stereocenters. The average Bonchev–Trinajstić information content (AvgIpc) is 2.73. The molecule has 188 valence electrons. The van der Waals surface area contributed by atoms with Crippen molar-refractivity contribution in [3.63, 3.8) is 0 Å². The van der Waals surface area contributed by atoms with Crippen LogP contribution < -0.4 is 11.1 Å². The molecule has 1 atom stereocenters. The van der Waals surface area contributed by atoms with Gasteiger partial charge in [-0.15, -0.1) is 0 Å². The number of carbonyl (C=O) groups excluding carboxylic acids is 1. The number of phosphoric acid groups is 1. The Morgan fingerprint density at radius 3 is 1.81 bits per heavy atom. The van der Waals surface area contributed by atoms with Crippen molar-refractivity contribution in [1.29, 1.82) is 0 Å². The summed E-state index contributed by atoms with van der Waals surface area (Å²) in [5.41, 5.74) is 4.87. The molecule has 31 heavy (non-hydrogen) atoms. The van der Waals surface area contributed by atoms with E-state index in [9.17, 15) is 14.5 Å². The Morgan fingerprint density at radius 1 is 0.903 bits per heavy atom. The zero-order valence-corrected chi connectivity index (χ0v) is 20.8. The van der Waals surface area contributed by atoms with Crippen LogP contribution in [0.5, 0.6) is 0 Å². The molecule has 9 heteroatoms. The first-order chi connectivity index (χ1) is 14.8. The lowest BCUT2D eigenvalue weighted by Crippen LogP contribution is -2.37. The molecule has 0 saturated carbocycles. The number of amides is 1. The Bertz CT molecular complexity index is 434. The molecule has 0 aromatic carbocycles. The van der Waals surface area contributed by atoms with Crippen molar-refractivity contribution in [3.05, 3.63) is 0 Å². The van der Waals surface area contributed by atoms with Gasteiger partial charge in [0.25, 0.3) is 0 Å². The van der Waals surface area contributed by atoms with Gasteiger partial charge >= 0.3 is 7.82 Å². The third-order valence-electron chi connectivity index (χ3n) is 4.88. The van der Waals surface area contributed by atoms with Gasteiger partial charge in [-0.05, 0) is 12.8 Å². The van der Waals surface area contributed by atoms with E-state index in [1.807, 2.05) is 0 Å². The molecule has 0 aromatic rings. The smallest absolute Gasteiger partial charge is 0.394 e. The fourth-order valence-corrected chi connectivity index (χ4v) is 3.44. The first-order valence-electron chi connectivity index (χ1n) is 12.1. The number of aliphatic hydroxyl groups excluding tert-OH is 1. The first-order valence-corrected chi connectivity index (χ1v) is 13.6. The van der Waals surface area contributed by atoms with Crippen LogP contribution in [0, 0.1) is 0 Å². The van der Waals surface area contributed by atoms with Crippen LogP contribution in [-0.2, 0) is 13.9 Å². The summed E-state index contributed by atoms with van der Waals surface area (Å²) in [6, 6.07) is -0.0436. The van der Waals surface area contributed by atoms with Crippen LogP contribution in [0.25, 0.3) is 0 Å². The molecular weight excluding hydrogens is 419 g/mol. The lowest BCUT2D eigenvalue weighted by atomic mass is 10.1. The maximum Gasteiger partial charge on any atom is 0.469 e. The van der Waals surface area contributed by atoms with E-state index in [2.05, 4.69) is 23.7 Å². The summed E-state index contributed by atoms with van der Waals surface area (Å²) in [4.78, 5) is 27.9. The monoisotopic (exact) mass is 468 g/mol. The maximum atomic E-state index is 11.9. The van der Waals surface area contributed by atoms with Gasteiger partial charge in [0.05, 0.1) is 19.3 Å². The van der Waals surface area contributed by atoms with Crippen LogP contribution in [0.1, 0.15) is 110 Å². The Kier molecular flexibility index (Phi) is 25.5. The molecule has 0 aliphatic carbocycles. The van der Waals surface area contributed by atoms with Crippen LogP contribution in [0.15, 0.2) is 0 Å². The summed E-state index contributed by atoms with van der Waals surface area (Å²) in [7, 11) is -4.26. The summed E-state index contributed by atoms with van der Waals surface area (Å²) >= 11 is 0. The number of phosphoric ester groups is 1. The normalized spacial score (nSPS) is 12.2. The van der Waals surface area contributed by atoms with E-state index < -0.39 is 7.82 Å². The largest absolute Gasteiger partial charge is 0.469 e. The molecule has 0 saturated heterocycles. The SMILES string of the molecule is CCCCCCCCCCCC(=O)NC(CO)CCCCCC.NCCOP(=O)(O)O.